The first-order chi connectivity index (χ1) is 20.3. The van der Waals surface area contributed by atoms with Crippen LogP contribution in [0.5, 0.6) is 0 Å². The summed E-state index contributed by atoms with van der Waals surface area (Å²) in [5.74, 6) is 1.58. The van der Waals surface area contributed by atoms with E-state index in [0.29, 0.717) is 0 Å². The fourth-order valence-corrected chi connectivity index (χ4v) is 6.36. The molecule has 0 fully saturated rings. The Morgan fingerprint density at radius 3 is 1.46 bits per heavy atom. The van der Waals surface area contributed by atoms with Crippen LogP contribution in [-0.4, -0.2) is 4.57 Å². The molecule has 0 amide bonds. The lowest BCUT2D eigenvalue weighted by molar-refractivity contribution is -0.704. The van der Waals surface area contributed by atoms with E-state index in [4.69, 9.17) is 0 Å². The fourth-order valence-electron chi connectivity index (χ4n) is 6.36. The standard InChI is InChI=1S/C39H69N2/c1-3-5-7-9-11-13-15-16-18-20-22-27-33-39-40(34-28-23-21-19-17-14-12-10-8-6-4-2)36-37-41(39)35-29-32-38-30-25-24-26-31-38/h24-26,30-31,36-37H,3-23,27-29,32-35H2,1-2H3/q+1. The molecule has 0 saturated carbocycles. The number of aryl methyl sites for hydroxylation is 3. The molecular weight excluding hydrogens is 496 g/mol. The van der Waals surface area contributed by atoms with Gasteiger partial charge in [0.25, 0.3) is 5.82 Å². The topological polar surface area (TPSA) is 8.81 Å². The molecule has 0 aliphatic heterocycles. The summed E-state index contributed by atoms with van der Waals surface area (Å²) >= 11 is 0. The molecule has 2 heteroatoms. The molecule has 0 aliphatic carbocycles. The number of imidazole rings is 1. The highest BCUT2D eigenvalue weighted by Crippen LogP contribution is 2.15. The molecule has 2 aromatic rings. The van der Waals surface area contributed by atoms with Crippen LogP contribution in [0.1, 0.15) is 179 Å². The van der Waals surface area contributed by atoms with Gasteiger partial charge in [-0.05, 0) is 37.7 Å². The van der Waals surface area contributed by atoms with Crippen LogP contribution in [-0.2, 0) is 25.9 Å². The van der Waals surface area contributed by atoms with E-state index < -0.39 is 0 Å². The van der Waals surface area contributed by atoms with E-state index in [0.717, 1.165) is 6.54 Å². The van der Waals surface area contributed by atoms with Crippen molar-refractivity contribution in [2.24, 2.45) is 0 Å². The molecule has 2 nitrogen and oxygen atoms in total. The zero-order valence-corrected chi connectivity index (χ0v) is 27.7. The summed E-state index contributed by atoms with van der Waals surface area (Å²) in [5, 5.41) is 0. The number of rotatable bonds is 29. The molecule has 1 heterocycles. The second-order valence-corrected chi connectivity index (χ2v) is 12.9. The van der Waals surface area contributed by atoms with E-state index in [1.165, 1.54) is 179 Å². The summed E-state index contributed by atoms with van der Waals surface area (Å²) in [6, 6.07) is 11.0. The molecule has 0 unspecified atom stereocenters. The Bertz CT molecular complexity index is 808. The monoisotopic (exact) mass is 566 g/mol. The number of hydrogen-bond acceptors (Lipinski definition) is 0. The lowest BCUT2D eigenvalue weighted by Crippen LogP contribution is -2.37. The van der Waals surface area contributed by atoms with Gasteiger partial charge in [-0.25, -0.2) is 9.13 Å². The first-order valence-electron chi connectivity index (χ1n) is 18.5. The number of unbranched alkanes of at least 4 members (excludes halogenated alkanes) is 21. The van der Waals surface area contributed by atoms with Crippen LogP contribution >= 0.6 is 0 Å². The van der Waals surface area contributed by atoms with Gasteiger partial charge in [-0.3, -0.25) is 0 Å². The smallest absolute Gasteiger partial charge is 0.234 e. The fraction of sp³-hybridized carbons (Fsp3) is 0.769. The molecule has 1 aromatic carbocycles. The highest BCUT2D eigenvalue weighted by Gasteiger charge is 2.16. The zero-order valence-electron chi connectivity index (χ0n) is 27.7. The summed E-state index contributed by atoms with van der Waals surface area (Å²) in [6.07, 6.45) is 41.1. The average molecular weight is 566 g/mol. The molecule has 2 rings (SSSR count). The van der Waals surface area contributed by atoms with Crippen molar-refractivity contribution in [3.8, 4) is 0 Å². The molecule has 0 aliphatic rings. The summed E-state index contributed by atoms with van der Waals surface area (Å²) < 4.78 is 5.19. The lowest BCUT2D eigenvalue weighted by atomic mass is 10.0. The van der Waals surface area contributed by atoms with E-state index in [-0.39, 0.29) is 0 Å². The quantitative estimate of drug-likeness (QED) is 0.0685. The zero-order chi connectivity index (χ0) is 29.1. The number of nitrogens with zero attached hydrogens (tertiary/aromatic N) is 2. The lowest BCUT2D eigenvalue weighted by Gasteiger charge is -2.07. The van der Waals surface area contributed by atoms with Crippen LogP contribution in [0.3, 0.4) is 0 Å². The van der Waals surface area contributed by atoms with Crippen LogP contribution in [0.4, 0.5) is 0 Å². The second-order valence-electron chi connectivity index (χ2n) is 12.9. The van der Waals surface area contributed by atoms with Crippen molar-refractivity contribution < 1.29 is 4.57 Å². The minimum absolute atomic E-state index is 1.15. The minimum atomic E-state index is 1.15. The third-order valence-corrected chi connectivity index (χ3v) is 9.05. The van der Waals surface area contributed by atoms with Crippen LogP contribution in [0.15, 0.2) is 42.7 Å². The first-order valence-corrected chi connectivity index (χ1v) is 18.5. The normalized spacial score (nSPS) is 11.5. The van der Waals surface area contributed by atoms with E-state index in [1.807, 2.05) is 0 Å². The van der Waals surface area contributed by atoms with Gasteiger partial charge in [-0.2, -0.15) is 0 Å². The number of hydrogen-bond donors (Lipinski definition) is 0. The van der Waals surface area contributed by atoms with Gasteiger partial charge < -0.3 is 0 Å². The van der Waals surface area contributed by atoms with Crippen molar-refractivity contribution in [1.82, 2.24) is 4.57 Å². The van der Waals surface area contributed by atoms with Crippen molar-refractivity contribution in [2.75, 3.05) is 0 Å². The van der Waals surface area contributed by atoms with Gasteiger partial charge in [0, 0.05) is 6.42 Å². The molecule has 0 saturated heterocycles. The number of aromatic nitrogens is 2. The maximum Gasteiger partial charge on any atom is 0.256 e. The third kappa shape index (κ3) is 18.6. The first kappa shape index (κ1) is 35.6. The minimum Gasteiger partial charge on any atom is -0.234 e. The Labute approximate surface area is 256 Å². The average Bonchev–Trinajstić information content (AvgIpc) is 3.38. The van der Waals surface area contributed by atoms with Gasteiger partial charge in [0.2, 0.25) is 0 Å². The Morgan fingerprint density at radius 2 is 0.951 bits per heavy atom. The Morgan fingerprint density at radius 1 is 0.488 bits per heavy atom. The molecule has 0 spiro atoms. The van der Waals surface area contributed by atoms with Crippen LogP contribution < -0.4 is 4.57 Å². The molecule has 234 valence electrons. The summed E-state index contributed by atoms with van der Waals surface area (Å²) in [4.78, 5) is 0. The molecule has 0 radical (unpaired) electrons. The van der Waals surface area contributed by atoms with E-state index >= 15 is 0 Å². The van der Waals surface area contributed by atoms with Crippen molar-refractivity contribution in [2.45, 2.75) is 194 Å². The highest BCUT2D eigenvalue weighted by atomic mass is 15.1. The second kappa shape index (κ2) is 26.1. The maximum absolute atomic E-state index is 2.61. The largest absolute Gasteiger partial charge is 0.256 e. The van der Waals surface area contributed by atoms with Crippen LogP contribution in [0.2, 0.25) is 0 Å². The Kier molecular flexibility index (Phi) is 22.7. The Hall–Kier alpha value is -1.57. The third-order valence-electron chi connectivity index (χ3n) is 9.05. The molecule has 0 atom stereocenters. The SMILES string of the molecule is CCCCCCCCCCCCCCc1n(CCCCCCCCCCCCC)cc[n+]1CCCc1ccccc1. The molecule has 0 N–H and O–H groups in total. The molecule has 41 heavy (non-hydrogen) atoms. The van der Waals surface area contributed by atoms with Crippen molar-refractivity contribution in [3.05, 3.63) is 54.1 Å². The van der Waals surface area contributed by atoms with Gasteiger partial charge in [-0.1, -0.05) is 173 Å². The highest BCUT2D eigenvalue weighted by molar-refractivity contribution is 5.14. The molecular formula is C39H69N2+. The van der Waals surface area contributed by atoms with Crippen molar-refractivity contribution >= 4 is 0 Å². The van der Waals surface area contributed by atoms with E-state index in [2.05, 4.69) is 65.7 Å². The van der Waals surface area contributed by atoms with E-state index in [1.54, 1.807) is 5.82 Å². The van der Waals surface area contributed by atoms with Gasteiger partial charge in [-0.15, -0.1) is 0 Å². The van der Waals surface area contributed by atoms with Crippen molar-refractivity contribution in [1.29, 1.82) is 0 Å². The van der Waals surface area contributed by atoms with Gasteiger partial charge in [0.1, 0.15) is 12.4 Å². The summed E-state index contributed by atoms with van der Waals surface area (Å²) in [6.45, 7) is 6.97. The predicted octanol–water partition coefficient (Wildman–Crippen LogP) is 12.0. The summed E-state index contributed by atoms with van der Waals surface area (Å²) in [7, 11) is 0. The summed E-state index contributed by atoms with van der Waals surface area (Å²) in [5.41, 5.74) is 1.47. The van der Waals surface area contributed by atoms with Gasteiger partial charge in [0.15, 0.2) is 0 Å². The maximum atomic E-state index is 2.61. The number of benzene rings is 1. The van der Waals surface area contributed by atoms with Gasteiger partial charge in [0.05, 0.1) is 13.1 Å². The molecule has 1 aromatic heterocycles. The predicted molar refractivity (Wildman–Crippen MR) is 181 cm³/mol. The van der Waals surface area contributed by atoms with E-state index in [9.17, 15) is 0 Å². The van der Waals surface area contributed by atoms with Crippen molar-refractivity contribution in [3.63, 3.8) is 0 Å². The Balaban J connectivity index is 1.66. The van der Waals surface area contributed by atoms with Crippen LogP contribution in [0.25, 0.3) is 0 Å². The van der Waals surface area contributed by atoms with Crippen LogP contribution in [0, 0.1) is 0 Å². The molecule has 0 bridgehead atoms. The van der Waals surface area contributed by atoms with Gasteiger partial charge >= 0.3 is 0 Å².